The molecule has 3 N–H and O–H groups in total. The Hall–Kier alpha value is -2.18. The number of rotatable bonds is 73. The van der Waals surface area contributed by atoms with E-state index in [2.05, 4.69) is 67.8 Å². The number of nitrogens with one attached hydrogen (secondary N) is 1. The highest BCUT2D eigenvalue weighted by Gasteiger charge is 2.20. The molecule has 0 aliphatic heterocycles. The van der Waals surface area contributed by atoms with Crippen LogP contribution in [0.15, 0.2) is 48.6 Å². The van der Waals surface area contributed by atoms with Gasteiger partial charge < -0.3 is 20.3 Å². The largest absolute Gasteiger partial charge is 0.466 e. The summed E-state index contributed by atoms with van der Waals surface area (Å²) in [5.74, 6) is -0.0197. The fourth-order valence-electron chi connectivity index (χ4n) is 12.2. The topological polar surface area (TPSA) is 95.9 Å². The molecule has 0 aliphatic carbocycles. The molecule has 6 heteroatoms. The van der Waals surface area contributed by atoms with Crippen LogP contribution in [0.5, 0.6) is 0 Å². The first-order valence-corrected chi connectivity index (χ1v) is 38.9. The summed E-state index contributed by atoms with van der Waals surface area (Å²) in [5.41, 5.74) is 0. The maximum atomic E-state index is 12.5. The lowest BCUT2D eigenvalue weighted by Gasteiger charge is -2.22. The van der Waals surface area contributed by atoms with E-state index in [1.54, 1.807) is 0 Å². The summed E-state index contributed by atoms with van der Waals surface area (Å²) >= 11 is 0. The van der Waals surface area contributed by atoms with Gasteiger partial charge in [-0.15, -0.1) is 0 Å². The van der Waals surface area contributed by atoms with E-state index >= 15 is 0 Å². The van der Waals surface area contributed by atoms with Crippen LogP contribution in [-0.4, -0.2) is 47.4 Å². The third kappa shape index (κ3) is 70.9. The van der Waals surface area contributed by atoms with Gasteiger partial charge in [-0.1, -0.05) is 371 Å². The van der Waals surface area contributed by atoms with E-state index < -0.39 is 12.1 Å². The lowest BCUT2D eigenvalue weighted by Crippen LogP contribution is -2.45. The smallest absolute Gasteiger partial charge is 0.305 e. The van der Waals surface area contributed by atoms with E-state index in [9.17, 15) is 19.8 Å². The van der Waals surface area contributed by atoms with Crippen LogP contribution in [0.1, 0.15) is 425 Å². The van der Waals surface area contributed by atoms with Gasteiger partial charge in [0.05, 0.1) is 25.4 Å². The van der Waals surface area contributed by atoms with Gasteiger partial charge in [-0.2, -0.15) is 0 Å². The summed E-state index contributed by atoms with van der Waals surface area (Å²) in [6.45, 7) is 4.97. The molecule has 1 amide bonds. The molecule has 0 aliphatic rings. The maximum absolute atomic E-state index is 12.5. The third-order valence-corrected chi connectivity index (χ3v) is 18.1. The van der Waals surface area contributed by atoms with Gasteiger partial charge in [-0.05, 0) is 89.9 Å². The molecule has 0 radical (unpaired) electrons. The number of ether oxygens (including phenoxy) is 1. The number of aliphatic hydroxyl groups is 2. The third-order valence-electron chi connectivity index (χ3n) is 18.1. The number of amides is 1. The summed E-state index contributed by atoms with van der Waals surface area (Å²) in [7, 11) is 0. The van der Waals surface area contributed by atoms with Crippen molar-refractivity contribution in [3.63, 3.8) is 0 Å². The van der Waals surface area contributed by atoms with Crippen LogP contribution in [0.4, 0.5) is 0 Å². The summed E-state index contributed by atoms with van der Waals surface area (Å²) in [4.78, 5) is 24.6. The monoisotopic (exact) mass is 1210 g/mol. The van der Waals surface area contributed by atoms with Crippen molar-refractivity contribution in [1.29, 1.82) is 0 Å². The number of hydrogen-bond acceptors (Lipinski definition) is 5. The lowest BCUT2D eigenvalue weighted by molar-refractivity contribution is -0.143. The summed E-state index contributed by atoms with van der Waals surface area (Å²) in [6.07, 6.45) is 99.1. The van der Waals surface area contributed by atoms with Gasteiger partial charge >= 0.3 is 5.97 Å². The Labute approximate surface area is 537 Å². The van der Waals surface area contributed by atoms with Gasteiger partial charge in [0.25, 0.3) is 0 Å². The van der Waals surface area contributed by atoms with Crippen LogP contribution in [0.2, 0.25) is 0 Å². The van der Waals surface area contributed by atoms with Crippen LogP contribution in [0, 0.1) is 0 Å². The number of carbonyl (C=O) groups is 2. The number of allylic oxidation sites excluding steroid dienone is 8. The molecule has 0 aromatic rings. The summed E-state index contributed by atoms with van der Waals surface area (Å²) in [5, 5.41) is 23.4. The van der Waals surface area contributed by atoms with Crippen LogP contribution < -0.4 is 5.32 Å². The van der Waals surface area contributed by atoms with Gasteiger partial charge in [0.1, 0.15) is 0 Å². The fourth-order valence-corrected chi connectivity index (χ4v) is 12.2. The molecule has 0 saturated carbocycles. The van der Waals surface area contributed by atoms with Crippen molar-refractivity contribution in [3.05, 3.63) is 48.6 Å². The van der Waals surface area contributed by atoms with Gasteiger partial charge in [-0.3, -0.25) is 9.59 Å². The first-order valence-electron chi connectivity index (χ1n) is 38.9. The number of esters is 1. The molecular formula is C80H151NO5. The van der Waals surface area contributed by atoms with Gasteiger partial charge in [-0.25, -0.2) is 0 Å². The lowest BCUT2D eigenvalue weighted by atomic mass is 10.0. The predicted octanol–water partition coefficient (Wildman–Crippen LogP) is 25.6. The second kappa shape index (κ2) is 75.3. The molecule has 2 atom stereocenters. The molecule has 0 rings (SSSR count). The quantitative estimate of drug-likeness (QED) is 0.0320. The Balaban J connectivity index is 3.36. The van der Waals surface area contributed by atoms with E-state index in [1.807, 2.05) is 0 Å². The number of carbonyl (C=O) groups excluding carboxylic acids is 2. The van der Waals surface area contributed by atoms with Crippen molar-refractivity contribution < 1.29 is 24.5 Å². The van der Waals surface area contributed by atoms with Crippen molar-refractivity contribution in [1.82, 2.24) is 5.32 Å². The number of unbranched alkanes of at least 4 members (excludes halogenated alkanes) is 54. The molecule has 0 heterocycles. The zero-order valence-electron chi connectivity index (χ0n) is 58.1. The molecule has 0 bridgehead atoms. The van der Waals surface area contributed by atoms with Crippen LogP contribution >= 0.6 is 0 Å². The SMILES string of the molecule is CCCCCC/C=C\C/C=C\CCCCCCCCCC(=O)OCCCCCCCCCCCCC/C=C\C/C=C\CCCCCCCCCCCCCCCCCCCC(=O)NC(CO)C(O)CCCCCCCCCCCCCCCCCC. The van der Waals surface area contributed by atoms with E-state index in [1.165, 1.54) is 334 Å². The Bertz CT molecular complexity index is 1440. The molecule has 2 unspecified atom stereocenters. The highest BCUT2D eigenvalue weighted by molar-refractivity contribution is 5.76. The van der Waals surface area contributed by atoms with Crippen molar-refractivity contribution in [2.24, 2.45) is 0 Å². The highest BCUT2D eigenvalue weighted by Crippen LogP contribution is 2.19. The Kier molecular flexibility index (Phi) is 73.4. The average molecular weight is 1210 g/mol. The minimum Gasteiger partial charge on any atom is -0.466 e. The zero-order valence-corrected chi connectivity index (χ0v) is 58.1. The van der Waals surface area contributed by atoms with Crippen LogP contribution in [-0.2, 0) is 14.3 Å². The molecule has 0 fully saturated rings. The normalized spacial score (nSPS) is 12.7. The van der Waals surface area contributed by atoms with Crippen molar-refractivity contribution >= 4 is 11.9 Å². The Morgan fingerprint density at radius 1 is 0.326 bits per heavy atom. The Morgan fingerprint density at radius 2 is 0.581 bits per heavy atom. The Morgan fingerprint density at radius 3 is 0.895 bits per heavy atom. The second-order valence-corrected chi connectivity index (χ2v) is 26.7. The fraction of sp³-hybridized carbons (Fsp3) is 0.875. The minimum absolute atomic E-state index is 0.00981. The van der Waals surface area contributed by atoms with Gasteiger partial charge in [0, 0.05) is 12.8 Å². The van der Waals surface area contributed by atoms with Gasteiger partial charge in [0.2, 0.25) is 5.91 Å². The average Bonchev–Trinajstić information content (AvgIpc) is 3.60. The van der Waals surface area contributed by atoms with Crippen LogP contribution in [0.3, 0.4) is 0 Å². The zero-order chi connectivity index (χ0) is 62.0. The second-order valence-electron chi connectivity index (χ2n) is 26.7. The standard InChI is InChI=1S/C80H151NO5/c1-3-5-7-9-11-13-15-17-19-21-42-46-50-54-58-62-66-70-74-80(85)86-75-71-67-63-59-55-51-47-43-40-38-36-34-32-30-28-26-24-22-23-25-27-29-31-33-35-37-39-41-45-49-53-57-61-65-69-73-79(84)81-77(76-82)78(83)72-68-64-60-56-52-48-44-20-18-16-14-12-10-8-6-4-2/h13,15,19,21,24,26,30,32,77-78,82-83H,3-12,14,16-18,20,22-23,25,27-29,31,33-76H2,1-2H3,(H,81,84)/b15-13-,21-19-,26-24-,32-30-. The van der Waals surface area contributed by atoms with E-state index in [-0.39, 0.29) is 18.5 Å². The van der Waals surface area contributed by atoms with Crippen molar-refractivity contribution in [3.8, 4) is 0 Å². The van der Waals surface area contributed by atoms with Gasteiger partial charge in [0.15, 0.2) is 0 Å². The molecular weight excluding hydrogens is 1050 g/mol. The molecule has 86 heavy (non-hydrogen) atoms. The summed E-state index contributed by atoms with van der Waals surface area (Å²) < 4.78 is 5.50. The molecule has 6 nitrogen and oxygen atoms in total. The van der Waals surface area contributed by atoms with E-state index in [0.717, 1.165) is 57.8 Å². The molecule has 0 spiro atoms. The van der Waals surface area contributed by atoms with E-state index in [4.69, 9.17) is 4.74 Å². The summed E-state index contributed by atoms with van der Waals surface area (Å²) in [6, 6.07) is -0.540. The molecule has 0 aromatic carbocycles. The number of hydrogen-bond donors (Lipinski definition) is 3. The van der Waals surface area contributed by atoms with Crippen molar-refractivity contribution in [2.45, 2.75) is 437 Å². The number of aliphatic hydroxyl groups excluding tert-OH is 2. The van der Waals surface area contributed by atoms with Crippen LogP contribution in [0.25, 0.3) is 0 Å². The van der Waals surface area contributed by atoms with E-state index in [0.29, 0.717) is 25.9 Å². The molecule has 0 aromatic heterocycles. The minimum atomic E-state index is -0.663. The first kappa shape index (κ1) is 83.8. The highest BCUT2D eigenvalue weighted by atomic mass is 16.5. The molecule has 0 saturated heterocycles. The van der Waals surface area contributed by atoms with Crippen molar-refractivity contribution in [2.75, 3.05) is 13.2 Å². The molecule has 506 valence electrons. The predicted molar refractivity (Wildman–Crippen MR) is 379 cm³/mol. The maximum Gasteiger partial charge on any atom is 0.305 e. The first-order chi connectivity index (χ1) is 42.5.